The van der Waals surface area contributed by atoms with Crippen LogP contribution >= 0.6 is 0 Å². The second-order valence-electron chi connectivity index (χ2n) is 5.81. The zero-order chi connectivity index (χ0) is 15.0. The minimum Gasteiger partial charge on any atom is -0.396 e. The van der Waals surface area contributed by atoms with E-state index in [1.54, 1.807) is 17.7 Å². The van der Waals surface area contributed by atoms with Gasteiger partial charge in [0.25, 0.3) is 5.56 Å². The van der Waals surface area contributed by atoms with E-state index in [-0.39, 0.29) is 23.5 Å². The largest absolute Gasteiger partial charge is 0.396 e. The highest BCUT2D eigenvalue weighted by Gasteiger charge is 2.55. The molecule has 0 radical (unpaired) electrons. The first-order valence-electron chi connectivity index (χ1n) is 7.03. The van der Waals surface area contributed by atoms with Crippen LogP contribution in [0.5, 0.6) is 0 Å². The third-order valence-electron chi connectivity index (χ3n) is 4.44. The van der Waals surface area contributed by atoms with Gasteiger partial charge in [-0.2, -0.15) is 0 Å². The number of aromatic amines is 1. The van der Waals surface area contributed by atoms with Gasteiger partial charge in [-0.15, -0.1) is 0 Å². The number of hydrogen-bond donors (Lipinski definition) is 2. The van der Waals surface area contributed by atoms with E-state index in [9.17, 15) is 14.7 Å². The third-order valence-corrected chi connectivity index (χ3v) is 4.44. The van der Waals surface area contributed by atoms with E-state index in [2.05, 4.69) is 4.98 Å². The monoisotopic (exact) mass is 286 g/mol. The molecule has 0 amide bonds. The van der Waals surface area contributed by atoms with Gasteiger partial charge in [0.15, 0.2) is 0 Å². The minimum atomic E-state index is -0.399. The highest BCUT2D eigenvalue weighted by molar-refractivity contribution is 5.33. The molecule has 1 aliphatic carbocycles. The van der Waals surface area contributed by atoms with E-state index >= 15 is 0 Å². The molecule has 1 aromatic heterocycles. The molecule has 0 bridgehead atoms. The molecule has 0 unspecified atom stereocenters. The van der Waals surface area contributed by atoms with Gasteiger partial charge in [0.05, 0.1) is 0 Å². The highest BCUT2D eigenvalue weighted by Crippen LogP contribution is 2.54. The lowest BCUT2D eigenvalue weighted by Gasteiger charge is -2.19. The van der Waals surface area contributed by atoms with Gasteiger partial charge in [-0.1, -0.05) is 30.3 Å². The topological polar surface area (TPSA) is 75.1 Å². The van der Waals surface area contributed by atoms with Crippen molar-refractivity contribution >= 4 is 0 Å². The first-order chi connectivity index (χ1) is 10.1. The summed E-state index contributed by atoms with van der Waals surface area (Å²) in [5, 5.41) is 9.50. The number of hydrogen-bond acceptors (Lipinski definition) is 3. The summed E-state index contributed by atoms with van der Waals surface area (Å²) < 4.78 is 1.54. The molecule has 110 valence electrons. The predicted octanol–water partition coefficient (Wildman–Crippen LogP) is 0.795. The fourth-order valence-electron chi connectivity index (χ4n) is 3.07. The van der Waals surface area contributed by atoms with Gasteiger partial charge in [-0.3, -0.25) is 14.3 Å². The number of aliphatic hydroxyl groups excluding tert-OH is 1. The Balaban J connectivity index is 2.01. The van der Waals surface area contributed by atoms with E-state index in [1.165, 1.54) is 0 Å². The summed E-state index contributed by atoms with van der Waals surface area (Å²) in [6, 6.07) is 9.93. The molecule has 2 aromatic rings. The van der Waals surface area contributed by atoms with E-state index in [4.69, 9.17) is 0 Å². The molecular formula is C16H18N2O3. The molecule has 1 heterocycles. The lowest BCUT2D eigenvalue weighted by atomic mass is 9.93. The van der Waals surface area contributed by atoms with E-state index in [1.807, 2.05) is 30.3 Å². The third kappa shape index (κ3) is 2.34. The molecular weight excluding hydrogens is 268 g/mol. The number of nitrogens with zero attached hydrogens (tertiary/aromatic N) is 1. The van der Waals surface area contributed by atoms with Crippen LogP contribution in [-0.4, -0.2) is 21.3 Å². The zero-order valence-corrected chi connectivity index (χ0v) is 11.9. The van der Waals surface area contributed by atoms with Gasteiger partial charge in [0.1, 0.15) is 0 Å². The lowest BCUT2D eigenvalue weighted by Crippen LogP contribution is -2.34. The van der Waals surface area contributed by atoms with Crippen molar-refractivity contribution in [3.63, 3.8) is 0 Å². The van der Waals surface area contributed by atoms with Crippen molar-refractivity contribution in [1.29, 1.82) is 0 Å². The molecule has 3 rings (SSSR count). The summed E-state index contributed by atoms with van der Waals surface area (Å²) in [7, 11) is 0. The van der Waals surface area contributed by atoms with E-state index in [0.29, 0.717) is 12.1 Å². The first-order valence-corrected chi connectivity index (χ1v) is 7.03. The maximum Gasteiger partial charge on any atom is 0.328 e. The number of rotatable bonds is 4. The van der Waals surface area contributed by atoms with Gasteiger partial charge >= 0.3 is 5.69 Å². The number of aryl methyl sites for hydroxylation is 1. The first kappa shape index (κ1) is 13.8. The fourth-order valence-corrected chi connectivity index (χ4v) is 3.07. The Morgan fingerprint density at radius 2 is 2.05 bits per heavy atom. The Bertz CT molecular complexity index is 763. The van der Waals surface area contributed by atoms with Gasteiger partial charge < -0.3 is 5.11 Å². The fraction of sp³-hybridized carbons (Fsp3) is 0.375. The quantitative estimate of drug-likeness (QED) is 0.873. The van der Waals surface area contributed by atoms with Crippen LogP contribution in [0.25, 0.3) is 0 Å². The highest BCUT2D eigenvalue weighted by atomic mass is 16.3. The van der Waals surface area contributed by atoms with E-state index < -0.39 is 5.69 Å². The molecule has 0 saturated heterocycles. The smallest absolute Gasteiger partial charge is 0.328 e. The van der Waals surface area contributed by atoms with Gasteiger partial charge in [0, 0.05) is 30.3 Å². The standard InChI is InChI=1S/C16H18N2O3/c1-11-8-18(15(21)17-14(11)20)10-16(7-13(16)9-19)12-5-3-2-4-6-12/h2-6,8,13,19H,7,9-10H2,1H3,(H,17,20,21)/t13-,16+/m1/s1. The summed E-state index contributed by atoms with van der Waals surface area (Å²) in [5.41, 5.74) is 0.674. The Hall–Kier alpha value is -2.14. The van der Waals surface area contributed by atoms with Crippen LogP contribution in [0, 0.1) is 12.8 Å². The van der Waals surface area contributed by atoms with Crippen molar-refractivity contribution in [1.82, 2.24) is 9.55 Å². The molecule has 2 atom stereocenters. The van der Waals surface area contributed by atoms with Crippen LogP contribution in [0.2, 0.25) is 0 Å². The Kier molecular flexibility index (Phi) is 3.29. The molecule has 5 nitrogen and oxygen atoms in total. The van der Waals surface area contributed by atoms with Crippen LogP contribution < -0.4 is 11.2 Å². The molecule has 21 heavy (non-hydrogen) atoms. The van der Waals surface area contributed by atoms with Crippen molar-refractivity contribution in [2.24, 2.45) is 5.92 Å². The average molecular weight is 286 g/mol. The lowest BCUT2D eigenvalue weighted by molar-refractivity contribution is 0.258. The number of nitrogens with one attached hydrogen (secondary N) is 1. The van der Waals surface area contributed by atoms with Crippen molar-refractivity contribution < 1.29 is 5.11 Å². The molecule has 1 aliphatic rings. The Morgan fingerprint density at radius 1 is 1.33 bits per heavy atom. The Morgan fingerprint density at radius 3 is 2.67 bits per heavy atom. The second-order valence-corrected chi connectivity index (χ2v) is 5.81. The van der Waals surface area contributed by atoms with Crippen LogP contribution in [0.1, 0.15) is 17.5 Å². The molecule has 0 aliphatic heterocycles. The van der Waals surface area contributed by atoms with Gasteiger partial charge in [-0.05, 0) is 24.8 Å². The van der Waals surface area contributed by atoms with Gasteiger partial charge in [0.2, 0.25) is 0 Å². The summed E-state index contributed by atoms with van der Waals surface area (Å²) in [4.78, 5) is 25.8. The van der Waals surface area contributed by atoms with Crippen molar-refractivity contribution in [3.05, 3.63) is 68.5 Å². The maximum absolute atomic E-state index is 12.0. The van der Waals surface area contributed by atoms with Crippen molar-refractivity contribution in [3.8, 4) is 0 Å². The van der Waals surface area contributed by atoms with Crippen molar-refractivity contribution in [2.45, 2.75) is 25.3 Å². The molecule has 0 spiro atoms. The predicted molar refractivity (Wildman–Crippen MR) is 79.4 cm³/mol. The summed E-state index contributed by atoms with van der Waals surface area (Å²) in [6.45, 7) is 2.26. The van der Waals surface area contributed by atoms with Crippen LogP contribution in [0.3, 0.4) is 0 Å². The zero-order valence-electron chi connectivity index (χ0n) is 11.9. The van der Waals surface area contributed by atoms with E-state index in [0.717, 1.165) is 12.0 Å². The average Bonchev–Trinajstić information content (AvgIpc) is 3.20. The SMILES string of the molecule is Cc1cn(C[C@]2(c3ccccc3)C[C@@H]2CO)c(=O)[nH]c1=O. The number of H-pyrrole nitrogens is 1. The minimum absolute atomic E-state index is 0.103. The van der Waals surface area contributed by atoms with Crippen molar-refractivity contribution in [2.75, 3.05) is 6.61 Å². The summed E-state index contributed by atoms with van der Waals surface area (Å²) >= 11 is 0. The van der Waals surface area contributed by atoms with Crippen LogP contribution in [0.4, 0.5) is 0 Å². The summed E-state index contributed by atoms with van der Waals surface area (Å²) in [6.07, 6.45) is 2.44. The molecule has 1 fully saturated rings. The van der Waals surface area contributed by atoms with Gasteiger partial charge in [-0.25, -0.2) is 4.79 Å². The normalized spacial score (nSPS) is 24.0. The van der Waals surface area contributed by atoms with Crippen LogP contribution in [-0.2, 0) is 12.0 Å². The number of aromatic nitrogens is 2. The Labute approximate surface area is 121 Å². The summed E-state index contributed by atoms with van der Waals surface area (Å²) in [5.74, 6) is 0.152. The maximum atomic E-state index is 12.0. The number of benzene rings is 1. The number of aliphatic hydroxyl groups is 1. The molecule has 5 heteroatoms. The van der Waals surface area contributed by atoms with Crippen LogP contribution in [0.15, 0.2) is 46.1 Å². The molecule has 1 saturated carbocycles. The molecule has 1 aromatic carbocycles. The second kappa shape index (κ2) is 5.00. The molecule has 2 N–H and O–H groups in total.